The third-order valence-electron chi connectivity index (χ3n) is 2.71. The second-order valence-corrected chi connectivity index (χ2v) is 4.48. The lowest BCUT2D eigenvalue weighted by molar-refractivity contribution is 0.398. The number of para-hydroxylation sites is 2. The number of fused-ring (bicyclic) bond motifs is 1. The summed E-state index contributed by atoms with van der Waals surface area (Å²) in [6.45, 7) is 0. The fourth-order valence-corrected chi connectivity index (χ4v) is 1.87. The maximum Gasteiger partial charge on any atom is 0.238 e. The molecule has 1 heterocycles. The molecule has 0 radical (unpaired) electrons. The Hall–Kier alpha value is -2.34. The summed E-state index contributed by atoms with van der Waals surface area (Å²) in [5.74, 6) is -4.77. The molecule has 3 rings (SSSR count). The smallest absolute Gasteiger partial charge is 0.238 e. The second kappa shape index (κ2) is 5.21. The summed E-state index contributed by atoms with van der Waals surface area (Å²) in [6.07, 6.45) is 1.23. The van der Waals surface area contributed by atoms with E-state index in [9.17, 15) is 13.2 Å². The number of nitrogens with zero attached hydrogens (tertiary/aromatic N) is 2. The monoisotopic (exact) mass is 310 g/mol. The van der Waals surface area contributed by atoms with Crippen molar-refractivity contribution in [3.63, 3.8) is 0 Å². The Morgan fingerprint density at radius 2 is 1.71 bits per heavy atom. The van der Waals surface area contributed by atoms with Gasteiger partial charge in [-0.05, 0) is 12.1 Å². The molecule has 3 aromatic rings. The van der Waals surface area contributed by atoms with Crippen LogP contribution in [0.1, 0.15) is 0 Å². The lowest BCUT2D eigenvalue weighted by Gasteiger charge is -2.08. The van der Waals surface area contributed by atoms with Crippen LogP contribution in [-0.4, -0.2) is 9.97 Å². The highest BCUT2D eigenvalue weighted by molar-refractivity contribution is 6.30. The van der Waals surface area contributed by atoms with Gasteiger partial charge in [-0.2, -0.15) is 4.39 Å². The number of halogens is 4. The van der Waals surface area contributed by atoms with Crippen molar-refractivity contribution in [3.05, 3.63) is 59.0 Å². The predicted octanol–water partition coefficient (Wildman–Crippen LogP) is 4.49. The van der Waals surface area contributed by atoms with Crippen LogP contribution in [0, 0.1) is 17.5 Å². The van der Waals surface area contributed by atoms with Crippen LogP contribution in [0.15, 0.2) is 36.5 Å². The number of hydrogen-bond donors (Lipinski definition) is 0. The molecular weight excluding hydrogens is 305 g/mol. The molecule has 1 aromatic heterocycles. The first-order valence-corrected chi connectivity index (χ1v) is 6.16. The Balaban J connectivity index is 2.02. The molecule has 0 fully saturated rings. The molecule has 21 heavy (non-hydrogen) atoms. The van der Waals surface area contributed by atoms with Crippen molar-refractivity contribution in [1.29, 1.82) is 0 Å². The molecule has 0 unspecified atom stereocenters. The third kappa shape index (κ3) is 2.50. The zero-order valence-electron chi connectivity index (χ0n) is 10.3. The molecule has 0 saturated carbocycles. The number of aromatic nitrogens is 2. The Labute approximate surface area is 122 Å². The maximum absolute atomic E-state index is 13.6. The van der Waals surface area contributed by atoms with Crippen LogP contribution in [-0.2, 0) is 0 Å². The Morgan fingerprint density at radius 1 is 1.00 bits per heavy atom. The van der Waals surface area contributed by atoms with Gasteiger partial charge in [0, 0.05) is 6.07 Å². The van der Waals surface area contributed by atoms with Crippen molar-refractivity contribution in [2.24, 2.45) is 0 Å². The van der Waals surface area contributed by atoms with E-state index in [-0.39, 0.29) is 5.88 Å². The van der Waals surface area contributed by atoms with Crippen LogP contribution < -0.4 is 4.74 Å². The SMILES string of the molecule is Fc1cc(Oc2cnc3ccccc3n2)c(F)c(F)c1Cl. The summed E-state index contributed by atoms with van der Waals surface area (Å²) in [5, 5.41) is -0.926. The van der Waals surface area contributed by atoms with Gasteiger partial charge < -0.3 is 4.74 Å². The largest absolute Gasteiger partial charge is 0.434 e. The van der Waals surface area contributed by atoms with Crippen LogP contribution in [0.3, 0.4) is 0 Å². The molecule has 3 nitrogen and oxygen atoms in total. The lowest BCUT2D eigenvalue weighted by Crippen LogP contribution is -1.97. The van der Waals surface area contributed by atoms with E-state index in [0.717, 1.165) is 0 Å². The van der Waals surface area contributed by atoms with Gasteiger partial charge in [-0.3, -0.25) is 0 Å². The average molecular weight is 311 g/mol. The van der Waals surface area contributed by atoms with E-state index < -0.39 is 28.2 Å². The van der Waals surface area contributed by atoms with Crippen LogP contribution in [0.2, 0.25) is 5.02 Å². The Morgan fingerprint density at radius 3 is 2.48 bits per heavy atom. The van der Waals surface area contributed by atoms with Crippen LogP contribution >= 0.6 is 11.6 Å². The summed E-state index contributed by atoms with van der Waals surface area (Å²) in [5.41, 5.74) is 1.11. The topological polar surface area (TPSA) is 35.0 Å². The first-order valence-electron chi connectivity index (χ1n) is 5.79. The highest BCUT2D eigenvalue weighted by Crippen LogP contribution is 2.31. The standard InChI is InChI=1S/C14H6ClF3N2O/c15-12-7(16)5-10(13(17)14(12)18)21-11-6-19-8-3-1-2-4-9(8)20-11/h1-6H. The van der Waals surface area contributed by atoms with Crippen LogP contribution in [0.25, 0.3) is 11.0 Å². The van der Waals surface area contributed by atoms with Gasteiger partial charge in [-0.15, -0.1) is 0 Å². The van der Waals surface area contributed by atoms with Gasteiger partial charge in [0.25, 0.3) is 0 Å². The van der Waals surface area contributed by atoms with Gasteiger partial charge in [0.2, 0.25) is 11.7 Å². The van der Waals surface area contributed by atoms with E-state index in [1.165, 1.54) is 6.20 Å². The Bertz CT molecular complexity index is 842. The number of rotatable bonds is 2. The molecule has 0 saturated heterocycles. The van der Waals surface area contributed by atoms with E-state index >= 15 is 0 Å². The minimum atomic E-state index is -1.51. The summed E-state index contributed by atoms with van der Waals surface area (Å²) in [7, 11) is 0. The maximum atomic E-state index is 13.6. The van der Waals surface area contributed by atoms with Crippen molar-refractivity contribution in [1.82, 2.24) is 9.97 Å². The van der Waals surface area contributed by atoms with Gasteiger partial charge >= 0.3 is 0 Å². The molecule has 0 N–H and O–H groups in total. The van der Waals surface area contributed by atoms with Crippen molar-refractivity contribution in [3.8, 4) is 11.6 Å². The summed E-state index contributed by atoms with van der Waals surface area (Å²) in [4.78, 5) is 8.11. The fraction of sp³-hybridized carbons (Fsp3) is 0. The van der Waals surface area contributed by atoms with Crippen molar-refractivity contribution in [2.75, 3.05) is 0 Å². The average Bonchev–Trinajstić information content (AvgIpc) is 2.50. The molecule has 106 valence electrons. The first-order chi connectivity index (χ1) is 10.1. The number of ether oxygens (including phenoxy) is 1. The van der Waals surface area contributed by atoms with E-state index in [0.29, 0.717) is 17.1 Å². The van der Waals surface area contributed by atoms with Gasteiger partial charge in [-0.25, -0.2) is 18.7 Å². The molecule has 0 aliphatic carbocycles. The van der Waals surface area contributed by atoms with Crippen molar-refractivity contribution < 1.29 is 17.9 Å². The molecule has 0 amide bonds. The fourth-order valence-electron chi connectivity index (χ4n) is 1.73. The van der Waals surface area contributed by atoms with Gasteiger partial charge in [0.15, 0.2) is 11.6 Å². The van der Waals surface area contributed by atoms with Gasteiger partial charge in [-0.1, -0.05) is 23.7 Å². The minimum absolute atomic E-state index is 0.0891. The van der Waals surface area contributed by atoms with Crippen LogP contribution in [0.4, 0.5) is 13.2 Å². The summed E-state index contributed by atoms with van der Waals surface area (Å²) in [6, 6.07) is 7.57. The van der Waals surface area contributed by atoms with Crippen molar-refractivity contribution >= 4 is 22.6 Å². The van der Waals surface area contributed by atoms with E-state index in [1.54, 1.807) is 24.3 Å². The quantitative estimate of drug-likeness (QED) is 0.516. The predicted molar refractivity (Wildman–Crippen MR) is 70.9 cm³/mol. The van der Waals surface area contributed by atoms with Crippen LogP contribution in [0.5, 0.6) is 11.6 Å². The normalized spacial score (nSPS) is 10.9. The molecule has 0 aliphatic heterocycles. The zero-order chi connectivity index (χ0) is 15.0. The minimum Gasteiger partial charge on any atom is -0.434 e. The number of hydrogen-bond acceptors (Lipinski definition) is 3. The molecule has 0 aliphatic rings. The molecule has 2 aromatic carbocycles. The van der Waals surface area contributed by atoms with E-state index in [4.69, 9.17) is 16.3 Å². The summed E-state index contributed by atoms with van der Waals surface area (Å²) < 4.78 is 45.4. The number of benzene rings is 2. The van der Waals surface area contributed by atoms with Crippen molar-refractivity contribution in [2.45, 2.75) is 0 Å². The Kier molecular flexibility index (Phi) is 3.39. The highest BCUT2D eigenvalue weighted by atomic mass is 35.5. The summed E-state index contributed by atoms with van der Waals surface area (Å²) >= 11 is 5.26. The molecule has 7 heteroatoms. The van der Waals surface area contributed by atoms with E-state index in [1.807, 2.05) is 0 Å². The molecular formula is C14H6ClF3N2O. The van der Waals surface area contributed by atoms with Gasteiger partial charge in [0.1, 0.15) is 10.8 Å². The second-order valence-electron chi connectivity index (χ2n) is 4.10. The third-order valence-corrected chi connectivity index (χ3v) is 3.06. The first kappa shape index (κ1) is 13.6. The lowest BCUT2D eigenvalue weighted by atomic mass is 10.3. The molecule has 0 spiro atoms. The molecule has 0 bridgehead atoms. The van der Waals surface area contributed by atoms with Gasteiger partial charge in [0.05, 0.1) is 17.2 Å². The molecule has 0 atom stereocenters. The zero-order valence-corrected chi connectivity index (χ0v) is 11.0. The highest BCUT2D eigenvalue weighted by Gasteiger charge is 2.19. The van der Waals surface area contributed by atoms with E-state index in [2.05, 4.69) is 9.97 Å².